The number of hydrogen-bond donors (Lipinski definition) is 0. The number of aromatic nitrogens is 4. The van der Waals surface area contributed by atoms with Crippen LogP contribution in [0, 0.1) is 11.3 Å². The molecule has 9 heteroatoms. The summed E-state index contributed by atoms with van der Waals surface area (Å²) in [7, 11) is 2.17. The highest BCUT2D eigenvalue weighted by atomic mass is 16.2. The number of piperazine rings is 1. The Morgan fingerprint density at radius 1 is 0.974 bits per heavy atom. The minimum Gasteiger partial charge on any atom is -0.368 e. The van der Waals surface area contributed by atoms with E-state index in [1.807, 2.05) is 17.3 Å². The minimum atomic E-state index is -0.0140. The highest BCUT2D eigenvalue weighted by molar-refractivity contribution is 5.88. The van der Waals surface area contributed by atoms with Crippen molar-refractivity contribution in [1.29, 1.82) is 5.26 Å². The van der Waals surface area contributed by atoms with Crippen LogP contribution in [0.1, 0.15) is 24.4 Å². The Kier molecular flexibility index (Phi) is 6.63. The van der Waals surface area contributed by atoms with Gasteiger partial charge < -0.3 is 14.7 Å². The Bertz CT molecular complexity index is 1540. The first-order chi connectivity index (χ1) is 19.0. The van der Waals surface area contributed by atoms with E-state index in [4.69, 9.17) is 5.10 Å². The van der Waals surface area contributed by atoms with Crippen molar-refractivity contribution in [1.82, 2.24) is 29.2 Å². The van der Waals surface area contributed by atoms with Crippen molar-refractivity contribution in [2.24, 2.45) is 0 Å². The van der Waals surface area contributed by atoms with Crippen molar-refractivity contribution in [3.8, 4) is 28.3 Å². The molecule has 39 heavy (non-hydrogen) atoms. The Morgan fingerprint density at radius 3 is 2.41 bits per heavy atom. The topological polar surface area (TPSA) is 85.7 Å². The van der Waals surface area contributed by atoms with Crippen molar-refractivity contribution in [3.05, 3.63) is 73.3 Å². The van der Waals surface area contributed by atoms with Gasteiger partial charge in [-0.2, -0.15) is 15.5 Å². The van der Waals surface area contributed by atoms with Gasteiger partial charge in [0.1, 0.15) is 6.07 Å². The largest absolute Gasteiger partial charge is 0.368 e. The molecule has 6 rings (SSSR count). The van der Waals surface area contributed by atoms with E-state index in [0.29, 0.717) is 24.7 Å². The zero-order valence-corrected chi connectivity index (χ0v) is 22.2. The monoisotopic (exact) mass is 520 g/mol. The number of anilines is 1. The molecule has 5 heterocycles. The summed E-state index contributed by atoms with van der Waals surface area (Å²) in [5.41, 5.74) is 6.49. The van der Waals surface area contributed by atoms with Gasteiger partial charge in [-0.1, -0.05) is 18.7 Å². The van der Waals surface area contributed by atoms with Crippen LogP contribution in [0.3, 0.4) is 0 Å². The van der Waals surface area contributed by atoms with Gasteiger partial charge in [0, 0.05) is 61.0 Å². The van der Waals surface area contributed by atoms with Gasteiger partial charge in [0.2, 0.25) is 5.91 Å². The standard InChI is InChI=1S/C30H32N8O/c1-3-29(39)36-14-12-35(13-15-36)26-6-4-22(5-7-26)28-16-23(20-38-30(28)24(17-31)18-33-38)25-19-32-37(21-25)27-8-10-34(2)11-9-27/h3-7,16,18-21,27H,1,8-15H2,2H3. The van der Waals surface area contributed by atoms with Crippen molar-refractivity contribution < 1.29 is 4.79 Å². The normalized spacial score (nSPS) is 16.9. The molecule has 0 atom stereocenters. The van der Waals surface area contributed by atoms with E-state index in [9.17, 15) is 10.1 Å². The first-order valence-electron chi connectivity index (χ1n) is 13.5. The number of benzene rings is 1. The second kappa shape index (κ2) is 10.4. The van der Waals surface area contributed by atoms with Gasteiger partial charge in [-0.3, -0.25) is 9.48 Å². The lowest BCUT2D eigenvalue weighted by molar-refractivity contribution is -0.126. The third-order valence-electron chi connectivity index (χ3n) is 8.04. The van der Waals surface area contributed by atoms with Crippen molar-refractivity contribution in [2.75, 3.05) is 51.2 Å². The summed E-state index contributed by atoms with van der Waals surface area (Å²) in [5.74, 6) is -0.0140. The molecule has 2 aliphatic heterocycles. The number of pyridine rings is 1. The molecule has 198 valence electrons. The predicted molar refractivity (Wildman–Crippen MR) is 151 cm³/mol. The third kappa shape index (κ3) is 4.79. The molecule has 2 aliphatic rings. The molecule has 0 aliphatic carbocycles. The van der Waals surface area contributed by atoms with E-state index in [1.165, 1.54) is 6.08 Å². The van der Waals surface area contributed by atoms with E-state index in [2.05, 4.69) is 75.8 Å². The second-order valence-electron chi connectivity index (χ2n) is 10.4. The number of amides is 1. The first kappa shape index (κ1) is 24.9. The van der Waals surface area contributed by atoms with Gasteiger partial charge in [-0.15, -0.1) is 0 Å². The minimum absolute atomic E-state index is 0.0140. The number of likely N-dealkylation sites (tertiary alicyclic amines) is 1. The Labute approximate surface area is 228 Å². The number of nitrogens with zero attached hydrogens (tertiary/aromatic N) is 8. The summed E-state index contributed by atoms with van der Waals surface area (Å²) in [5, 5.41) is 19.0. The van der Waals surface area contributed by atoms with E-state index < -0.39 is 0 Å². The van der Waals surface area contributed by atoms with Crippen LogP contribution in [0.15, 0.2) is 67.8 Å². The quantitative estimate of drug-likeness (QED) is 0.372. The maximum atomic E-state index is 11.9. The van der Waals surface area contributed by atoms with Gasteiger partial charge in [0.15, 0.2) is 0 Å². The molecule has 2 fully saturated rings. The zero-order valence-electron chi connectivity index (χ0n) is 22.2. The molecule has 0 N–H and O–H groups in total. The maximum Gasteiger partial charge on any atom is 0.246 e. The molecule has 0 unspecified atom stereocenters. The lowest BCUT2D eigenvalue weighted by atomic mass is 9.99. The van der Waals surface area contributed by atoms with Crippen LogP contribution in [0.2, 0.25) is 0 Å². The fraction of sp³-hybridized carbons (Fsp3) is 0.333. The lowest BCUT2D eigenvalue weighted by Crippen LogP contribution is -2.48. The van der Waals surface area contributed by atoms with Crippen LogP contribution in [0.5, 0.6) is 0 Å². The number of nitriles is 1. The molecule has 0 saturated carbocycles. The molecule has 0 spiro atoms. The number of fused-ring (bicyclic) bond motifs is 1. The summed E-state index contributed by atoms with van der Waals surface area (Å²) in [6.07, 6.45) is 11.2. The molecule has 0 bridgehead atoms. The van der Waals surface area contributed by atoms with Gasteiger partial charge in [0.25, 0.3) is 0 Å². The van der Waals surface area contributed by atoms with Gasteiger partial charge in [-0.05, 0) is 62.8 Å². The van der Waals surface area contributed by atoms with Crippen molar-refractivity contribution >= 4 is 17.1 Å². The van der Waals surface area contributed by atoms with Crippen LogP contribution in [0.4, 0.5) is 5.69 Å². The molecule has 3 aromatic heterocycles. The summed E-state index contributed by atoms with van der Waals surface area (Å²) in [6.45, 7) is 8.68. The third-order valence-corrected chi connectivity index (χ3v) is 8.04. The van der Waals surface area contributed by atoms with Crippen LogP contribution < -0.4 is 4.90 Å². The van der Waals surface area contributed by atoms with Gasteiger partial charge in [0.05, 0.1) is 29.5 Å². The summed E-state index contributed by atoms with van der Waals surface area (Å²) in [4.78, 5) is 18.4. The number of hydrogen-bond acceptors (Lipinski definition) is 6. The van der Waals surface area contributed by atoms with Crippen LogP contribution in [-0.2, 0) is 4.79 Å². The Hall–Kier alpha value is -4.42. The number of carbonyl (C=O) groups excluding carboxylic acids is 1. The van der Waals surface area contributed by atoms with E-state index in [1.54, 1.807) is 10.7 Å². The zero-order chi connectivity index (χ0) is 26.9. The predicted octanol–water partition coefficient (Wildman–Crippen LogP) is 3.84. The molecule has 1 aromatic carbocycles. The summed E-state index contributed by atoms with van der Waals surface area (Å²) in [6, 6.07) is 13.3. The van der Waals surface area contributed by atoms with Crippen LogP contribution in [-0.4, -0.2) is 81.4 Å². The smallest absolute Gasteiger partial charge is 0.246 e. The van der Waals surface area contributed by atoms with Crippen LogP contribution >= 0.6 is 0 Å². The Morgan fingerprint density at radius 2 is 1.72 bits per heavy atom. The summed E-state index contributed by atoms with van der Waals surface area (Å²) < 4.78 is 3.91. The number of piperidine rings is 1. The highest BCUT2D eigenvalue weighted by Crippen LogP contribution is 2.34. The average molecular weight is 521 g/mol. The molecular formula is C30H32N8O. The van der Waals surface area contributed by atoms with E-state index in [-0.39, 0.29) is 5.91 Å². The second-order valence-corrected chi connectivity index (χ2v) is 10.4. The molecule has 4 aromatic rings. The fourth-order valence-corrected chi connectivity index (χ4v) is 5.69. The molecule has 9 nitrogen and oxygen atoms in total. The first-order valence-corrected chi connectivity index (χ1v) is 13.5. The maximum absolute atomic E-state index is 11.9. The van der Waals surface area contributed by atoms with Crippen LogP contribution in [0.25, 0.3) is 27.8 Å². The van der Waals surface area contributed by atoms with Crippen molar-refractivity contribution in [3.63, 3.8) is 0 Å². The molecule has 0 radical (unpaired) electrons. The molecule has 1 amide bonds. The average Bonchev–Trinajstić information content (AvgIpc) is 3.65. The van der Waals surface area contributed by atoms with Gasteiger partial charge in [-0.25, -0.2) is 4.52 Å². The number of carbonyl (C=O) groups is 1. The molecule has 2 saturated heterocycles. The van der Waals surface area contributed by atoms with Crippen molar-refractivity contribution in [2.45, 2.75) is 18.9 Å². The summed E-state index contributed by atoms with van der Waals surface area (Å²) >= 11 is 0. The Balaban J connectivity index is 1.30. The van der Waals surface area contributed by atoms with E-state index >= 15 is 0 Å². The lowest BCUT2D eigenvalue weighted by Gasteiger charge is -2.35. The fourth-order valence-electron chi connectivity index (χ4n) is 5.69. The SMILES string of the molecule is C=CC(=O)N1CCN(c2ccc(-c3cc(-c4cnn(C5CCN(C)CC5)c4)cn4ncc(C#N)c34)cc2)CC1. The molecular weight excluding hydrogens is 488 g/mol. The van der Waals surface area contributed by atoms with Gasteiger partial charge >= 0.3 is 0 Å². The van der Waals surface area contributed by atoms with E-state index in [0.717, 1.165) is 72.5 Å². The highest BCUT2D eigenvalue weighted by Gasteiger charge is 2.22. The number of rotatable bonds is 5.